The molecule has 2 heterocycles. The van der Waals surface area contributed by atoms with Crippen LogP contribution in [-0.4, -0.2) is 35.8 Å². The van der Waals surface area contributed by atoms with E-state index in [-0.39, 0.29) is 22.2 Å². The van der Waals surface area contributed by atoms with E-state index in [1.807, 2.05) is 49.6 Å². The highest BCUT2D eigenvalue weighted by atomic mass is 32.2. The number of anilines is 1. The number of rotatable bonds is 3. The van der Waals surface area contributed by atoms with Crippen LogP contribution < -0.4 is 10.0 Å². The number of hydrogen-bond acceptors (Lipinski definition) is 5. The van der Waals surface area contributed by atoms with Gasteiger partial charge in [0.25, 0.3) is 15.9 Å². The number of amides is 1. The molecule has 1 aliphatic heterocycles. The zero-order valence-corrected chi connectivity index (χ0v) is 18.0. The van der Waals surface area contributed by atoms with Crippen LogP contribution >= 0.6 is 0 Å². The van der Waals surface area contributed by atoms with Gasteiger partial charge in [0.15, 0.2) is 0 Å². The molecule has 1 amide bonds. The molecule has 8 nitrogen and oxygen atoms in total. The number of aliphatic imine (C=N–C) groups is 1. The summed E-state index contributed by atoms with van der Waals surface area (Å²) in [6.45, 7) is 7.71. The predicted octanol–water partition coefficient (Wildman–Crippen LogP) is 2.86. The number of aromatic nitrogens is 2. The summed E-state index contributed by atoms with van der Waals surface area (Å²) < 4.78 is 28.9. The Morgan fingerprint density at radius 1 is 1.13 bits per heavy atom. The van der Waals surface area contributed by atoms with Gasteiger partial charge in [-0.15, -0.1) is 0 Å². The van der Waals surface area contributed by atoms with Crippen molar-refractivity contribution in [1.82, 2.24) is 14.3 Å². The number of para-hydroxylation sites is 2. The quantitative estimate of drug-likeness (QED) is 0.673. The lowest BCUT2D eigenvalue weighted by Crippen LogP contribution is -2.31. The van der Waals surface area contributed by atoms with E-state index in [1.54, 1.807) is 25.1 Å². The van der Waals surface area contributed by atoms with Crippen molar-refractivity contribution in [3.05, 3.63) is 54.1 Å². The van der Waals surface area contributed by atoms with E-state index in [1.165, 1.54) is 6.07 Å². The van der Waals surface area contributed by atoms with Crippen molar-refractivity contribution in [3.63, 3.8) is 0 Å². The highest BCUT2D eigenvalue weighted by Crippen LogP contribution is 2.28. The Labute approximate surface area is 175 Å². The molecule has 1 aliphatic rings. The van der Waals surface area contributed by atoms with Gasteiger partial charge in [0, 0.05) is 11.1 Å². The molecule has 2 N–H and O–H groups in total. The van der Waals surface area contributed by atoms with Crippen LogP contribution in [0.4, 0.5) is 5.95 Å². The zero-order valence-electron chi connectivity index (χ0n) is 17.2. The Hall–Kier alpha value is -3.20. The Morgan fingerprint density at radius 2 is 1.80 bits per heavy atom. The molecule has 0 saturated carbocycles. The molecule has 2 aromatic carbocycles. The van der Waals surface area contributed by atoms with Crippen LogP contribution in [0.25, 0.3) is 11.0 Å². The second kappa shape index (κ2) is 6.94. The third kappa shape index (κ3) is 3.45. The van der Waals surface area contributed by atoms with Crippen LogP contribution in [-0.2, 0) is 20.4 Å². The van der Waals surface area contributed by atoms with Crippen LogP contribution in [0.1, 0.15) is 33.3 Å². The van der Waals surface area contributed by atoms with Crippen LogP contribution in [0.3, 0.4) is 0 Å². The van der Waals surface area contributed by atoms with Crippen LogP contribution in [0.2, 0.25) is 0 Å². The van der Waals surface area contributed by atoms with Gasteiger partial charge in [0.1, 0.15) is 11.9 Å². The van der Waals surface area contributed by atoms with Crippen molar-refractivity contribution >= 4 is 38.7 Å². The van der Waals surface area contributed by atoms with Crippen molar-refractivity contribution in [2.24, 2.45) is 4.99 Å². The number of nitrogens with one attached hydrogen (secondary N) is 2. The molecule has 9 heteroatoms. The van der Waals surface area contributed by atoms with Crippen molar-refractivity contribution in [3.8, 4) is 0 Å². The van der Waals surface area contributed by atoms with E-state index < -0.39 is 16.1 Å². The molecular formula is C21H23N5O3S. The van der Waals surface area contributed by atoms with E-state index in [4.69, 9.17) is 0 Å². The lowest BCUT2D eigenvalue weighted by atomic mass is 10.1. The van der Waals surface area contributed by atoms with Gasteiger partial charge in [-0.3, -0.25) is 19.8 Å². The normalized spacial score (nSPS) is 17.5. The largest absolute Gasteiger partial charge is 0.305 e. The first kappa shape index (κ1) is 20.1. The van der Waals surface area contributed by atoms with E-state index in [9.17, 15) is 13.2 Å². The highest BCUT2D eigenvalue weighted by molar-refractivity contribution is 7.90. The van der Waals surface area contributed by atoms with E-state index >= 15 is 0 Å². The lowest BCUT2D eigenvalue weighted by molar-refractivity contribution is -0.117. The Kier molecular flexibility index (Phi) is 4.65. The second-order valence-corrected chi connectivity index (χ2v) is 9.83. The average molecular weight is 426 g/mol. The number of imidazole rings is 1. The fourth-order valence-electron chi connectivity index (χ4n) is 3.49. The van der Waals surface area contributed by atoms with Gasteiger partial charge in [-0.25, -0.2) is 13.4 Å². The van der Waals surface area contributed by atoms with Crippen LogP contribution in [0.15, 0.2) is 58.4 Å². The minimum Gasteiger partial charge on any atom is -0.305 e. The van der Waals surface area contributed by atoms with Gasteiger partial charge < -0.3 is 4.57 Å². The fraction of sp³-hybridized carbons (Fsp3) is 0.286. The summed E-state index contributed by atoms with van der Waals surface area (Å²) in [4.78, 5) is 21.9. The topological polar surface area (TPSA) is 105 Å². The molecule has 0 unspecified atom stereocenters. The Morgan fingerprint density at radius 3 is 2.53 bits per heavy atom. The van der Waals surface area contributed by atoms with E-state index in [0.717, 1.165) is 11.0 Å². The maximum absolute atomic E-state index is 12.9. The molecule has 0 spiro atoms. The Bertz CT molecular complexity index is 1290. The van der Waals surface area contributed by atoms with Crippen molar-refractivity contribution in [2.75, 3.05) is 5.32 Å². The number of nitrogens with zero attached hydrogens (tertiary/aromatic N) is 3. The molecule has 30 heavy (non-hydrogen) atoms. The number of carbonyl (C=O) groups excluding carboxylic acids is 1. The molecule has 0 fully saturated rings. The van der Waals surface area contributed by atoms with Gasteiger partial charge >= 0.3 is 0 Å². The van der Waals surface area contributed by atoms with E-state index in [2.05, 4.69) is 20.0 Å². The number of hydrogen-bond donors (Lipinski definition) is 2. The highest BCUT2D eigenvalue weighted by Gasteiger charge is 2.31. The maximum atomic E-state index is 12.9. The molecule has 0 bridgehead atoms. The summed E-state index contributed by atoms with van der Waals surface area (Å²) in [6, 6.07) is 13.4. The Balaban J connectivity index is 1.65. The molecule has 0 radical (unpaired) electrons. The minimum absolute atomic E-state index is 0.158. The summed E-state index contributed by atoms with van der Waals surface area (Å²) in [6.07, 6.45) is 0. The number of sulfonamides is 1. The standard InChI is InChI=1S/C21H23N5O3S/c1-13(22-18-14-9-5-8-12-17(14)30(28,29)25-18)19(27)24-20-23-15-10-6-7-11-16(15)26(20)21(2,3)4/h5-13H,1-4H3,(H,22,25)(H,23,24,27)/t13-/m0/s1. The molecule has 3 aromatic rings. The first-order chi connectivity index (χ1) is 14.1. The maximum Gasteiger partial charge on any atom is 0.263 e. The third-order valence-electron chi connectivity index (χ3n) is 4.83. The van der Waals surface area contributed by atoms with Gasteiger partial charge in [-0.1, -0.05) is 24.3 Å². The summed E-state index contributed by atoms with van der Waals surface area (Å²) in [5, 5.41) is 2.85. The smallest absolute Gasteiger partial charge is 0.263 e. The second-order valence-electron chi connectivity index (χ2n) is 8.17. The molecule has 156 valence electrons. The number of carbonyl (C=O) groups is 1. The molecule has 0 aliphatic carbocycles. The third-order valence-corrected chi connectivity index (χ3v) is 6.23. The summed E-state index contributed by atoms with van der Waals surface area (Å²) >= 11 is 0. The summed E-state index contributed by atoms with van der Waals surface area (Å²) in [5.41, 5.74) is 1.84. The SMILES string of the molecule is C[C@H](N=C1NS(=O)(=O)c2ccccc21)C(=O)Nc1nc2ccccc2n1C(C)(C)C. The van der Waals surface area contributed by atoms with Crippen molar-refractivity contribution in [2.45, 2.75) is 44.2 Å². The molecular weight excluding hydrogens is 402 g/mol. The van der Waals surface area contributed by atoms with Crippen molar-refractivity contribution in [1.29, 1.82) is 0 Å². The van der Waals surface area contributed by atoms with Gasteiger partial charge in [0.05, 0.1) is 15.9 Å². The molecule has 0 saturated heterocycles. The average Bonchev–Trinajstić information content (AvgIpc) is 3.16. The first-order valence-corrected chi connectivity index (χ1v) is 11.0. The molecule has 1 atom stereocenters. The predicted molar refractivity (Wildman–Crippen MR) is 116 cm³/mol. The monoisotopic (exact) mass is 425 g/mol. The summed E-state index contributed by atoms with van der Waals surface area (Å²) in [7, 11) is -3.66. The number of fused-ring (bicyclic) bond motifs is 2. The summed E-state index contributed by atoms with van der Waals surface area (Å²) in [5.74, 6) is 0.206. The van der Waals surface area contributed by atoms with E-state index in [0.29, 0.717) is 11.5 Å². The lowest BCUT2D eigenvalue weighted by Gasteiger charge is -2.24. The van der Waals surface area contributed by atoms with Crippen molar-refractivity contribution < 1.29 is 13.2 Å². The van der Waals surface area contributed by atoms with Gasteiger partial charge in [-0.2, -0.15) is 0 Å². The number of amidine groups is 1. The molecule has 1 aromatic heterocycles. The zero-order chi connectivity index (χ0) is 21.7. The number of benzene rings is 2. The van der Waals surface area contributed by atoms with Crippen LogP contribution in [0, 0.1) is 0 Å². The fourth-order valence-corrected chi connectivity index (χ4v) is 4.72. The van der Waals surface area contributed by atoms with Crippen LogP contribution in [0.5, 0.6) is 0 Å². The molecule has 4 rings (SSSR count). The first-order valence-electron chi connectivity index (χ1n) is 9.57. The minimum atomic E-state index is -3.66. The van der Waals surface area contributed by atoms with Gasteiger partial charge in [-0.05, 0) is 52.0 Å². The van der Waals surface area contributed by atoms with Gasteiger partial charge in [0.2, 0.25) is 5.95 Å².